The predicted octanol–water partition coefficient (Wildman–Crippen LogP) is 2.59. The van der Waals surface area contributed by atoms with Gasteiger partial charge in [-0.3, -0.25) is 4.79 Å². The molecule has 124 valence electrons. The maximum Gasteiger partial charge on any atom is 0.303 e. The quantitative estimate of drug-likeness (QED) is 0.700. The van der Waals surface area contributed by atoms with Gasteiger partial charge in [-0.1, -0.05) is 26.0 Å². The number of aliphatic carboxylic acids is 1. The highest BCUT2D eigenvalue weighted by atomic mass is 16.4. The molecule has 2 saturated carbocycles. The van der Waals surface area contributed by atoms with Crippen molar-refractivity contribution < 1.29 is 20.1 Å². The van der Waals surface area contributed by atoms with E-state index in [2.05, 4.69) is 13.0 Å². The smallest absolute Gasteiger partial charge is 0.303 e. The third-order valence-corrected chi connectivity index (χ3v) is 6.91. The Labute approximate surface area is 132 Å². The molecular formula is C18H28O4. The van der Waals surface area contributed by atoms with Crippen LogP contribution in [0.1, 0.15) is 52.9 Å². The van der Waals surface area contributed by atoms with Gasteiger partial charge >= 0.3 is 5.97 Å². The van der Waals surface area contributed by atoms with Gasteiger partial charge in [-0.25, -0.2) is 0 Å². The highest BCUT2D eigenvalue weighted by molar-refractivity contribution is 5.66. The molecule has 2 bridgehead atoms. The molecule has 3 aliphatic rings. The maximum absolute atomic E-state index is 11.1. The van der Waals surface area contributed by atoms with Gasteiger partial charge in [0.15, 0.2) is 0 Å². The van der Waals surface area contributed by atoms with Crippen LogP contribution in [0.5, 0.6) is 0 Å². The maximum atomic E-state index is 11.1. The summed E-state index contributed by atoms with van der Waals surface area (Å²) >= 11 is 0. The van der Waals surface area contributed by atoms with Gasteiger partial charge in [0, 0.05) is 11.8 Å². The summed E-state index contributed by atoms with van der Waals surface area (Å²) in [5, 5.41) is 30.5. The summed E-state index contributed by atoms with van der Waals surface area (Å²) in [6, 6.07) is 0. The first kappa shape index (κ1) is 16.0. The number of hydrogen-bond acceptors (Lipinski definition) is 3. The molecule has 4 nitrogen and oxygen atoms in total. The van der Waals surface area contributed by atoms with E-state index in [1.54, 1.807) is 0 Å². The van der Waals surface area contributed by atoms with Gasteiger partial charge in [-0.05, 0) is 55.8 Å². The number of rotatable bonds is 3. The Hall–Kier alpha value is -0.870. The number of allylic oxidation sites excluding steroid dienone is 1. The van der Waals surface area contributed by atoms with Crippen LogP contribution in [0.3, 0.4) is 0 Å². The molecule has 22 heavy (non-hydrogen) atoms. The highest BCUT2D eigenvalue weighted by Gasteiger charge is 2.64. The first-order valence-corrected chi connectivity index (χ1v) is 8.42. The number of carboxylic acids is 1. The van der Waals surface area contributed by atoms with E-state index >= 15 is 0 Å². The van der Waals surface area contributed by atoms with Crippen LogP contribution in [0.25, 0.3) is 0 Å². The Morgan fingerprint density at radius 3 is 2.68 bits per heavy atom. The van der Waals surface area contributed by atoms with Gasteiger partial charge in [0.25, 0.3) is 0 Å². The van der Waals surface area contributed by atoms with Gasteiger partial charge in [-0.15, -0.1) is 0 Å². The molecule has 3 rings (SSSR count). The number of hydrogen-bond donors (Lipinski definition) is 3. The first-order valence-electron chi connectivity index (χ1n) is 8.42. The SMILES string of the molecule is CC1CC2CC3(C=CC(O)[C@@](C)(CCC(=O)O)C13)CC2(C)O. The van der Waals surface area contributed by atoms with Gasteiger partial charge in [0.1, 0.15) is 0 Å². The Bertz CT molecular complexity index is 511. The van der Waals surface area contributed by atoms with Crippen LogP contribution in [0.4, 0.5) is 0 Å². The zero-order valence-electron chi connectivity index (χ0n) is 13.7. The molecule has 4 heteroatoms. The molecule has 0 radical (unpaired) electrons. The van der Waals surface area contributed by atoms with E-state index in [0.29, 0.717) is 18.3 Å². The van der Waals surface area contributed by atoms with E-state index in [9.17, 15) is 15.0 Å². The predicted molar refractivity (Wildman–Crippen MR) is 83.2 cm³/mol. The Morgan fingerprint density at radius 2 is 2.05 bits per heavy atom. The number of aliphatic hydroxyl groups is 2. The Balaban J connectivity index is 2.01. The second kappa shape index (κ2) is 4.81. The lowest BCUT2D eigenvalue weighted by atomic mass is 9.49. The summed E-state index contributed by atoms with van der Waals surface area (Å²) in [6.07, 6.45) is 6.60. The summed E-state index contributed by atoms with van der Waals surface area (Å²) in [6.45, 7) is 6.19. The summed E-state index contributed by atoms with van der Waals surface area (Å²) in [5.41, 5.74) is -1.17. The first-order chi connectivity index (χ1) is 10.1. The molecule has 6 unspecified atom stereocenters. The van der Waals surface area contributed by atoms with Gasteiger partial charge < -0.3 is 15.3 Å². The number of aliphatic hydroxyl groups excluding tert-OH is 1. The molecule has 7 atom stereocenters. The van der Waals surface area contributed by atoms with Gasteiger partial charge in [-0.2, -0.15) is 0 Å². The van der Waals surface area contributed by atoms with E-state index in [1.165, 1.54) is 0 Å². The minimum Gasteiger partial charge on any atom is -0.481 e. The van der Waals surface area contributed by atoms with Crippen LogP contribution in [0.2, 0.25) is 0 Å². The molecule has 3 N–H and O–H groups in total. The monoisotopic (exact) mass is 308 g/mol. The fourth-order valence-electron chi connectivity index (χ4n) is 6.19. The van der Waals surface area contributed by atoms with Crippen LogP contribution in [0, 0.1) is 28.6 Å². The minimum absolute atomic E-state index is 0.0839. The molecule has 0 aliphatic heterocycles. The second-order valence-electron chi connectivity index (χ2n) is 8.56. The number of carboxylic acid groups (broad SMARTS) is 1. The van der Waals surface area contributed by atoms with Crippen molar-refractivity contribution in [2.75, 3.05) is 0 Å². The third kappa shape index (κ3) is 2.15. The highest BCUT2D eigenvalue weighted by Crippen LogP contribution is 2.67. The lowest BCUT2D eigenvalue weighted by molar-refractivity contribution is -0.140. The molecule has 2 fully saturated rings. The van der Waals surface area contributed by atoms with Crippen molar-refractivity contribution in [3.8, 4) is 0 Å². The normalized spacial score (nSPS) is 53.3. The molecule has 0 aromatic rings. The van der Waals surface area contributed by atoms with Crippen molar-refractivity contribution in [3.63, 3.8) is 0 Å². The van der Waals surface area contributed by atoms with Crippen LogP contribution in [0.15, 0.2) is 12.2 Å². The molecule has 3 aliphatic carbocycles. The standard InChI is InChI=1S/C18H28O4/c1-11-8-12-9-18(10-17(12,3)22)7-4-13(19)16(2,15(11)18)6-5-14(20)21/h4,7,11-13,15,19,22H,5-6,8-10H2,1-3H3,(H,20,21)/t11?,12?,13?,15?,16-,17?,18?/m1/s1. The third-order valence-electron chi connectivity index (χ3n) is 6.91. The summed E-state index contributed by atoms with van der Waals surface area (Å²) in [5.74, 6) is 0.106. The van der Waals surface area contributed by atoms with Crippen molar-refractivity contribution >= 4 is 5.97 Å². The van der Waals surface area contributed by atoms with Crippen LogP contribution in [-0.4, -0.2) is 33.0 Å². The van der Waals surface area contributed by atoms with E-state index < -0.39 is 23.1 Å². The molecule has 0 aromatic heterocycles. The van der Waals surface area contributed by atoms with E-state index in [-0.39, 0.29) is 17.8 Å². The number of fused-ring (bicyclic) bond motifs is 1. The second-order valence-corrected chi connectivity index (χ2v) is 8.56. The van der Waals surface area contributed by atoms with Crippen molar-refractivity contribution in [2.45, 2.75) is 64.6 Å². The largest absolute Gasteiger partial charge is 0.481 e. The zero-order chi connectivity index (χ0) is 16.3. The van der Waals surface area contributed by atoms with E-state index in [0.717, 1.165) is 19.3 Å². The fraction of sp³-hybridized carbons (Fsp3) is 0.833. The lowest BCUT2D eigenvalue weighted by Gasteiger charge is -2.56. The number of carbonyl (C=O) groups is 1. The molecule has 0 heterocycles. The lowest BCUT2D eigenvalue weighted by Crippen LogP contribution is -2.53. The Morgan fingerprint density at radius 1 is 1.36 bits per heavy atom. The van der Waals surface area contributed by atoms with E-state index in [4.69, 9.17) is 5.11 Å². The van der Waals surface area contributed by atoms with E-state index in [1.807, 2.05) is 19.9 Å². The fourth-order valence-corrected chi connectivity index (χ4v) is 6.19. The van der Waals surface area contributed by atoms with Gasteiger partial charge in [0.2, 0.25) is 0 Å². The summed E-state index contributed by atoms with van der Waals surface area (Å²) < 4.78 is 0. The van der Waals surface area contributed by atoms with Crippen LogP contribution >= 0.6 is 0 Å². The van der Waals surface area contributed by atoms with Gasteiger partial charge in [0.05, 0.1) is 11.7 Å². The summed E-state index contributed by atoms with van der Waals surface area (Å²) in [4.78, 5) is 11.1. The van der Waals surface area contributed by atoms with Crippen LogP contribution in [-0.2, 0) is 4.79 Å². The van der Waals surface area contributed by atoms with Crippen molar-refractivity contribution in [1.82, 2.24) is 0 Å². The van der Waals surface area contributed by atoms with Crippen molar-refractivity contribution in [1.29, 1.82) is 0 Å². The summed E-state index contributed by atoms with van der Waals surface area (Å²) in [7, 11) is 0. The average molecular weight is 308 g/mol. The zero-order valence-corrected chi connectivity index (χ0v) is 13.7. The minimum atomic E-state index is -0.809. The molecule has 0 saturated heterocycles. The van der Waals surface area contributed by atoms with Crippen LogP contribution < -0.4 is 0 Å². The topological polar surface area (TPSA) is 77.8 Å². The molecule has 0 aromatic carbocycles. The molecule has 0 amide bonds. The molecular weight excluding hydrogens is 280 g/mol. The molecule has 1 spiro atoms. The van der Waals surface area contributed by atoms with Crippen molar-refractivity contribution in [2.24, 2.45) is 28.6 Å². The Kier molecular flexibility index (Phi) is 3.50. The van der Waals surface area contributed by atoms with Crippen molar-refractivity contribution in [3.05, 3.63) is 12.2 Å². The average Bonchev–Trinajstić information content (AvgIpc) is 2.59.